The molecule has 0 radical (unpaired) electrons. The maximum absolute atomic E-state index is 13.0. The lowest BCUT2D eigenvalue weighted by Gasteiger charge is -2.44. The molecule has 1 aliphatic carbocycles. The average Bonchev–Trinajstić information content (AvgIpc) is 2.62. The van der Waals surface area contributed by atoms with Crippen LogP contribution in [0.15, 0.2) is 0 Å². The van der Waals surface area contributed by atoms with E-state index in [1.807, 2.05) is 6.92 Å². The molecule has 1 aliphatic heterocycles. The number of piperazine rings is 1. The number of rotatable bonds is 5. The highest BCUT2D eigenvalue weighted by Crippen LogP contribution is 2.35. The molecule has 0 unspecified atom stereocenters. The molecule has 0 aromatic rings. The van der Waals surface area contributed by atoms with Crippen LogP contribution in [0.25, 0.3) is 0 Å². The number of aliphatic hydroxyl groups is 1. The highest BCUT2D eigenvalue weighted by atomic mass is 16.3. The Kier molecular flexibility index (Phi) is 6.62. The van der Waals surface area contributed by atoms with Crippen LogP contribution in [0, 0.1) is 17.2 Å². The van der Waals surface area contributed by atoms with Crippen LogP contribution in [0.3, 0.4) is 0 Å². The van der Waals surface area contributed by atoms with E-state index < -0.39 is 5.54 Å². The van der Waals surface area contributed by atoms with Gasteiger partial charge in [0.25, 0.3) is 0 Å². The molecule has 0 aromatic carbocycles. The third-order valence-electron chi connectivity index (χ3n) is 6.01. The zero-order valence-corrected chi connectivity index (χ0v) is 15.4. The summed E-state index contributed by atoms with van der Waals surface area (Å²) < 4.78 is 0. The minimum Gasteiger partial charge on any atom is -0.395 e. The fourth-order valence-corrected chi connectivity index (χ4v) is 3.92. The predicted octanol–water partition coefficient (Wildman–Crippen LogP) is 0.916. The van der Waals surface area contributed by atoms with Crippen molar-refractivity contribution in [3.63, 3.8) is 0 Å². The molecule has 1 saturated heterocycles. The number of likely N-dealkylation sites (N-methyl/N-ethyl adjacent to an activating group) is 1. The summed E-state index contributed by atoms with van der Waals surface area (Å²) in [6.07, 6.45) is 3.59. The van der Waals surface area contributed by atoms with E-state index in [1.54, 1.807) is 11.9 Å². The Labute approximate surface area is 146 Å². The van der Waals surface area contributed by atoms with Gasteiger partial charge in [-0.3, -0.25) is 14.6 Å². The lowest BCUT2D eigenvalue weighted by Crippen LogP contribution is -2.58. The Hall–Kier alpha value is -1.16. The molecule has 1 heterocycles. The second kappa shape index (κ2) is 8.28. The molecule has 24 heavy (non-hydrogen) atoms. The Morgan fingerprint density at radius 1 is 1.33 bits per heavy atom. The smallest absolute Gasteiger partial charge is 0.240 e. The Bertz CT molecular complexity index is 460. The van der Waals surface area contributed by atoms with E-state index in [1.165, 1.54) is 0 Å². The molecule has 136 valence electrons. The molecule has 1 saturated carbocycles. The first-order valence-corrected chi connectivity index (χ1v) is 9.19. The number of β-amino-alcohol motifs (C(OH)–C–C–N with tert-alkyl or cyclic N) is 1. The minimum absolute atomic E-state index is 0.0571. The molecule has 1 amide bonds. The maximum atomic E-state index is 13.0. The molecule has 0 aromatic heterocycles. The number of hydrogen-bond donors (Lipinski definition) is 1. The summed E-state index contributed by atoms with van der Waals surface area (Å²) in [5.41, 5.74) is -0.628. The van der Waals surface area contributed by atoms with Crippen molar-refractivity contribution in [2.24, 2.45) is 5.92 Å². The standard InChI is InChI=1S/C18H32N4O2/c1-15-4-6-18(14-19,7-5-15)20(3)17(24)16(2)22-10-8-21(9-11-22)12-13-23/h15-16,23H,4-13H2,1-3H3/t15?,16-,18?/m1/s1. The van der Waals surface area contributed by atoms with E-state index in [2.05, 4.69) is 22.8 Å². The highest BCUT2D eigenvalue weighted by molar-refractivity contribution is 5.82. The number of hydrogen-bond acceptors (Lipinski definition) is 5. The van der Waals surface area contributed by atoms with Crippen molar-refractivity contribution in [1.82, 2.24) is 14.7 Å². The van der Waals surface area contributed by atoms with Crippen LogP contribution in [0.2, 0.25) is 0 Å². The van der Waals surface area contributed by atoms with Gasteiger partial charge in [0, 0.05) is 39.8 Å². The van der Waals surface area contributed by atoms with Gasteiger partial charge in [-0.15, -0.1) is 0 Å². The first kappa shape index (κ1) is 19.2. The van der Waals surface area contributed by atoms with E-state index in [4.69, 9.17) is 5.11 Å². The number of aliphatic hydroxyl groups excluding tert-OH is 1. The first-order chi connectivity index (χ1) is 11.4. The molecule has 6 nitrogen and oxygen atoms in total. The number of amides is 1. The van der Waals surface area contributed by atoms with Crippen molar-refractivity contribution >= 4 is 5.91 Å². The van der Waals surface area contributed by atoms with E-state index in [9.17, 15) is 10.1 Å². The van der Waals surface area contributed by atoms with Gasteiger partial charge >= 0.3 is 0 Å². The lowest BCUT2D eigenvalue weighted by atomic mass is 9.77. The van der Waals surface area contributed by atoms with Gasteiger partial charge in [0.2, 0.25) is 5.91 Å². The largest absolute Gasteiger partial charge is 0.395 e. The van der Waals surface area contributed by atoms with Crippen molar-refractivity contribution in [2.45, 2.75) is 51.1 Å². The molecule has 1 N–H and O–H groups in total. The fraction of sp³-hybridized carbons (Fsp3) is 0.889. The third kappa shape index (κ3) is 4.08. The van der Waals surface area contributed by atoms with Gasteiger partial charge in [-0.2, -0.15) is 5.26 Å². The highest BCUT2D eigenvalue weighted by Gasteiger charge is 2.42. The first-order valence-electron chi connectivity index (χ1n) is 9.19. The van der Waals surface area contributed by atoms with Crippen molar-refractivity contribution in [1.29, 1.82) is 5.26 Å². The number of nitriles is 1. The fourth-order valence-electron chi connectivity index (χ4n) is 3.92. The normalized spacial score (nSPS) is 30.5. The molecule has 6 heteroatoms. The van der Waals surface area contributed by atoms with Gasteiger partial charge in [0.15, 0.2) is 0 Å². The predicted molar refractivity (Wildman–Crippen MR) is 93.3 cm³/mol. The number of carbonyl (C=O) groups excluding carboxylic acids is 1. The third-order valence-corrected chi connectivity index (χ3v) is 6.01. The minimum atomic E-state index is -0.628. The molecule has 2 fully saturated rings. The van der Waals surface area contributed by atoms with Gasteiger partial charge in [0.1, 0.15) is 5.54 Å². The van der Waals surface area contributed by atoms with Gasteiger partial charge in [0.05, 0.1) is 18.7 Å². The topological polar surface area (TPSA) is 70.8 Å². The monoisotopic (exact) mass is 336 g/mol. The van der Waals surface area contributed by atoms with Crippen LogP contribution in [0.4, 0.5) is 0 Å². The summed E-state index contributed by atoms with van der Waals surface area (Å²) in [6, 6.07) is 2.25. The van der Waals surface area contributed by atoms with Crippen LogP contribution in [-0.4, -0.2) is 83.7 Å². The van der Waals surface area contributed by atoms with E-state index in [0.717, 1.165) is 51.9 Å². The van der Waals surface area contributed by atoms with Gasteiger partial charge in [-0.1, -0.05) is 6.92 Å². The quantitative estimate of drug-likeness (QED) is 0.808. The zero-order valence-electron chi connectivity index (χ0n) is 15.4. The SMILES string of the molecule is CC1CCC(C#N)(N(C)C(=O)[C@@H](C)N2CCN(CCO)CC2)CC1. The van der Waals surface area contributed by atoms with E-state index in [-0.39, 0.29) is 18.6 Å². The second-order valence-corrected chi connectivity index (χ2v) is 7.50. The summed E-state index contributed by atoms with van der Waals surface area (Å²) in [5.74, 6) is 0.703. The molecule has 2 rings (SSSR count). The Morgan fingerprint density at radius 2 is 1.92 bits per heavy atom. The van der Waals surface area contributed by atoms with E-state index >= 15 is 0 Å². The number of carbonyl (C=O) groups is 1. The van der Waals surface area contributed by atoms with Gasteiger partial charge in [-0.05, 0) is 38.5 Å². The Balaban J connectivity index is 1.96. The van der Waals surface area contributed by atoms with Crippen LogP contribution < -0.4 is 0 Å². The molecule has 2 aliphatic rings. The molecular formula is C18H32N4O2. The van der Waals surface area contributed by atoms with Crippen molar-refractivity contribution in [3.8, 4) is 6.07 Å². The van der Waals surface area contributed by atoms with Crippen LogP contribution in [-0.2, 0) is 4.79 Å². The summed E-state index contributed by atoms with van der Waals surface area (Å²) in [6.45, 7) is 8.47. The second-order valence-electron chi connectivity index (χ2n) is 7.50. The maximum Gasteiger partial charge on any atom is 0.240 e. The Morgan fingerprint density at radius 3 is 2.42 bits per heavy atom. The lowest BCUT2D eigenvalue weighted by molar-refractivity contribution is -0.141. The summed E-state index contributed by atoms with van der Waals surface area (Å²) in [5, 5.41) is 18.8. The van der Waals surface area contributed by atoms with Crippen molar-refractivity contribution in [2.75, 3.05) is 46.4 Å². The van der Waals surface area contributed by atoms with Gasteiger partial charge in [-0.25, -0.2) is 0 Å². The average molecular weight is 336 g/mol. The van der Waals surface area contributed by atoms with Crippen molar-refractivity contribution < 1.29 is 9.90 Å². The number of nitrogens with zero attached hydrogens (tertiary/aromatic N) is 4. The van der Waals surface area contributed by atoms with E-state index in [0.29, 0.717) is 12.5 Å². The summed E-state index contributed by atoms with van der Waals surface area (Å²) in [7, 11) is 1.81. The van der Waals surface area contributed by atoms with Crippen LogP contribution in [0.5, 0.6) is 0 Å². The summed E-state index contributed by atoms with van der Waals surface area (Å²) in [4.78, 5) is 19.1. The molecule has 0 bridgehead atoms. The van der Waals surface area contributed by atoms with Crippen LogP contribution >= 0.6 is 0 Å². The van der Waals surface area contributed by atoms with Gasteiger partial charge < -0.3 is 10.0 Å². The zero-order chi connectivity index (χ0) is 17.7. The molecule has 0 spiro atoms. The van der Waals surface area contributed by atoms with Crippen LogP contribution in [0.1, 0.15) is 39.5 Å². The molecular weight excluding hydrogens is 304 g/mol. The molecule has 1 atom stereocenters. The van der Waals surface area contributed by atoms with Crippen molar-refractivity contribution in [3.05, 3.63) is 0 Å². The summed E-state index contributed by atoms with van der Waals surface area (Å²) >= 11 is 0.